The number of benzene rings is 3. The van der Waals surface area contributed by atoms with Crippen LogP contribution in [0.25, 0.3) is 5.69 Å². The molecule has 0 bridgehead atoms. The van der Waals surface area contributed by atoms with Crippen LogP contribution in [0.15, 0.2) is 78.9 Å². The van der Waals surface area contributed by atoms with Crippen LogP contribution in [-0.4, -0.2) is 58.8 Å². The third-order valence-corrected chi connectivity index (χ3v) is 7.15. The molecule has 0 aliphatic carbocycles. The third-order valence-electron chi connectivity index (χ3n) is 7.15. The predicted molar refractivity (Wildman–Crippen MR) is 148 cm³/mol. The van der Waals surface area contributed by atoms with Crippen molar-refractivity contribution in [2.45, 2.75) is 27.0 Å². The van der Waals surface area contributed by atoms with Gasteiger partial charge in [0, 0.05) is 49.5 Å². The van der Waals surface area contributed by atoms with Crippen LogP contribution in [-0.2, 0) is 13.2 Å². The summed E-state index contributed by atoms with van der Waals surface area (Å²) in [5.74, 6) is 1.66. The maximum absolute atomic E-state index is 13.1. The first-order valence-electron chi connectivity index (χ1n) is 13.0. The molecule has 0 unspecified atom stereocenters. The summed E-state index contributed by atoms with van der Waals surface area (Å²) in [6, 6.07) is 25.5. The van der Waals surface area contributed by atoms with Crippen molar-refractivity contribution in [2.75, 3.05) is 33.3 Å². The molecule has 38 heavy (non-hydrogen) atoms. The van der Waals surface area contributed by atoms with Crippen molar-refractivity contribution in [1.82, 2.24) is 19.6 Å². The number of methoxy groups -OCH3 is 1. The molecule has 0 radical (unpaired) electrons. The monoisotopic (exact) mass is 510 g/mol. The topological polar surface area (TPSA) is 59.8 Å². The molecule has 1 aliphatic heterocycles. The minimum atomic E-state index is 0.0801. The highest BCUT2D eigenvalue weighted by Crippen LogP contribution is 2.21. The number of amides is 1. The molecule has 1 aromatic heterocycles. The van der Waals surface area contributed by atoms with E-state index in [9.17, 15) is 4.79 Å². The molecule has 2 heterocycles. The number of nitrogens with zero attached hydrogens (tertiary/aromatic N) is 4. The fourth-order valence-corrected chi connectivity index (χ4v) is 4.82. The Balaban J connectivity index is 1.13. The van der Waals surface area contributed by atoms with E-state index in [1.54, 1.807) is 7.11 Å². The first-order chi connectivity index (χ1) is 18.5. The zero-order valence-corrected chi connectivity index (χ0v) is 22.3. The Morgan fingerprint density at radius 1 is 0.842 bits per heavy atom. The van der Waals surface area contributed by atoms with Gasteiger partial charge in [0.25, 0.3) is 5.91 Å². The molecule has 1 aliphatic rings. The van der Waals surface area contributed by atoms with Crippen LogP contribution < -0.4 is 9.47 Å². The molecule has 7 nitrogen and oxygen atoms in total. The molecule has 0 saturated carbocycles. The quantitative estimate of drug-likeness (QED) is 0.333. The molecular weight excluding hydrogens is 476 g/mol. The Morgan fingerprint density at radius 3 is 2.16 bits per heavy atom. The molecule has 0 N–H and O–H groups in total. The molecule has 4 aromatic rings. The van der Waals surface area contributed by atoms with Crippen molar-refractivity contribution in [1.29, 1.82) is 0 Å². The second kappa shape index (κ2) is 11.5. The first kappa shape index (κ1) is 25.5. The van der Waals surface area contributed by atoms with Crippen LogP contribution in [0.3, 0.4) is 0 Å². The van der Waals surface area contributed by atoms with E-state index in [1.165, 1.54) is 11.3 Å². The number of hydrogen-bond donors (Lipinski definition) is 0. The maximum atomic E-state index is 13.1. The molecule has 1 saturated heterocycles. The Bertz CT molecular complexity index is 1360. The lowest BCUT2D eigenvalue weighted by Crippen LogP contribution is -2.48. The summed E-state index contributed by atoms with van der Waals surface area (Å²) in [5.41, 5.74) is 6.30. The van der Waals surface area contributed by atoms with Crippen LogP contribution in [0.2, 0.25) is 0 Å². The summed E-state index contributed by atoms with van der Waals surface area (Å²) >= 11 is 0. The first-order valence-corrected chi connectivity index (χ1v) is 13.0. The van der Waals surface area contributed by atoms with Crippen LogP contribution in [0.4, 0.5) is 0 Å². The average Bonchev–Trinajstić information content (AvgIpc) is 3.25. The van der Waals surface area contributed by atoms with Gasteiger partial charge in [0.1, 0.15) is 18.1 Å². The molecule has 3 aromatic carbocycles. The second-order valence-corrected chi connectivity index (χ2v) is 9.63. The Labute approximate surface area is 224 Å². The molecule has 196 valence electrons. The highest BCUT2D eigenvalue weighted by molar-refractivity contribution is 5.94. The van der Waals surface area contributed by atoms with E-state index in [0.717, 1.165) is 48.1 Å². The molecule has 0 spiro atoms. The van der Waals surface area contributed by atoms with Crippen molar-refractivity contribution < 1.29 is 14.3 Å². The Hall–Kier alpha value is -4.10. The summed E-state index contributed by atoms with van der Waals surface area (Å²) < 4.78 is 13.1. The standard InChI is InChI=1S/C31H34N4O3/c1-23-30(24(2)35(32-23)27-7-5-4-6-8-27)21-33-17-19-34(20-18-33)31(36)26-11-9-25(10-12-26)22-38-29-15-13-28(37-3)14-16-29/h4-16H,17-22H2,1-3H3. The van der Waals surface area contributed by atoms with Crippen molar-refractivity contribution in [3.8, 4) is 17.2 Å². The van der Waals surface area contributed by atoms with E-state index in [-0.39, 0.29) is 5.91 Å². The van der Waals surface area contributed by atoms with Crippen LogP contribution in [0.1, 0.15) is 32.9 Å². The summed E-state index contributed by atoms with van der Waals surface area (Å²) in [6.07, 6.45) is 0. The smallest absolute Gasteiger partial charge is 0.253 e. The molecule has 7 heteroatoms. The Morgan fingerprint density at radius 2 is 1.50 bits per heavy atom. The number of hydrogen-bond acceptors (Lipinski definition) is 5. The molecular formula is C31H34N4O3. The second-order valence-electron chi connectivity index (χ2n) is 9.63. The van der Waals surface area contributed by atoms with Gasteiger partial charge < -0.3 is 14.4 Å². The van der Waals surface area contributed by atoms with Gasteiger partial charge in [-0.1, -0.05) is 30.3 Å². The Kier molecular flexibility index (Phi) is 7.75. The van der Waals surface area contributed by atoms with Crippen molar-refractivity contribution in [3.63, 3.8) is 0 Å². The number of para-hydroxylation sites is 1. The minimum Gasteiger partial charge on any atom is -0.497 e. The highest BCUT2D eigenvalue weighted by atomic mass is 16.5. The van der Waals surface area contributed by atoms with Crippen LogP contribution >= 0.6 is 0 Å². The van der Waals surface area contributed by atoms with Crippen LogP contribution in [0.5, 0.6) is 11.5 Å². The number of rotatable bonds is 8. The van der Waals surface area contributed by atoms with Gasteiger partial charge in [-0.15, -0.1) is 0 Å². The molecule has 5 rings (SSSR count). The summed E-state index contributed by atoms with van der Waals surface area (Å²) in [7, 11) is 1.64. The lowest BCUT2D eigenvalue weighted by molar-refractivity contribution is 0.0628. The van der Waals surface area contributed by atoms with Gasteiger partial charge in [0.2, 0.25) is 0 Å². The van der Waals surface area contributed by atoms with E-state index < -0.39 is 0 Å². The summed E-state index contributed by atoms with van der Waals surface area (Å²) in [5, 5.41) is 4.78. The zero-order valence-electron chi connectivity index (χ0n) is 22.3. The third kappa shape index (κ3) is 5.73. The van der Waals surface area contributed by atoms with E-state index in [0.29, 0.717) is 25.3 Å². The average molecular weight is 511 g/mol. The highest BCUT2D eigenvalue weighted by Gasteiger charge is 2.24. The van der Waals surface area contributed by atoms with Gasteiger partial charge in [0.05, 0.1) is 18.5 Å². The minimum absolute atomic E-state index is 0.0801. The van der Waals surface area contributed by atoms with Gasteiger partial charge in [-0.25, -0.2) is 4.68 Å². The molecule has 1 fully saturated rings. The van der Waals surface area contributed by atoms with Gasteiger partial charge in [-0.2, -0.15) is 5.10 Å². The number of ether oxygens (including phenoxy) is 2. The van der Waals surface area contributed by atoms with E-state index >= 15 is 0 Å². The lowest BCUT2D eigenvalue weighted by atomic mass is 10.1. The van der Waals surface area contributed by atoms with Crippen molar-refractivity contribution in [2.24, 2.45) is 0 Å². The van der Waals surface area contributed by atoms with Crippen LogP contribution in [0, 0.1) is 13.8 Å². The number of carbonyl (C=O) groups is 1. The molecule has 0 atom stereocenters. The summed E-state index contributed by atoms with van der Waals surface area (Å²) in [6.45, 7) is 8.61. The zero-order chi connectivity index (χ0) is 26.5. The summed E-state index contributed by atoms with van der Waals surface area (Å²) in [4.78, 5) is 17.5. The van der Waals surface area contributed by atoms with E-state index in [2.05, 4.69) is 30.9 Å². The maximum Gasteiger partial charge on any atom is 0.253 e. The fraction of sp³-hybridized carbons (Fsp3) is 0.290. The van der Waals surface area contributed by atoms with Crippen molar-refractivity contribution in [3.05, 3.63) is 107 Å². The van der Waals surface area contributed by atoms with Gasteiger partial charge in [-0.05, 0) is 67.9 Å². The van der Waals surface area contributed by atoms with E-state index in [1.807, 2.05) is 76.3 Å². The number of carbonyl (C=O) groups excluding carboxylic acids is 1. The fourth-order valence-electron chi connectivity index (χ4n) is 4.82. The van der Waals surface area contributed by atoms with E-state index in [4.69, 9.17) is 14.6 Å². The van der Waals surface area contributed by atoms with Crippen molar-refractivity contribution >= 4 is 5.91 Å². The SMILES string of the molecule is COc1ccc(OCc2ccc(C(=O)N3CCN(Cc4c(C)nn(-c5ccccc5)c4C)CC3)cc2)cc1. The largest absolute Gasteiger partial charge is 0.497 e. The van der Waals surface area contributed by atoms with Gasteiger partial charge in [0.15, 0.2) is 0 Å². The molecule has 1 amide bonds. The predicted octanol–water partition coefficient (Wildman–Crippen LogP) is 5.03. The number of piperazine rings is 1. The van der Waals surface area contributed by atoms with Gasteiger partial charge in [-0.3, -0.25) is 9.69 Å². The lowest BCUT2D eigenvalue weighted by Gasteiger charge is -2.34. The number of aryl methyl sites for hydroxylation is 1. The number of aromatic nitrogens is 2. The normalized spacial score (nSPS) is 13.9. The van der Waals surface area contributed by atoms with Gasteiger partial charge >= 0.3 is 0 Å².